The van der Waals surface area contributed by atoms with E-state index in [2.05, 4.69) is 12.1 Å². The summed E-state index contributed by atoms with van der Waals surface area (Å²) in [5, 5.41) is 0. The molecule has 2 N–H and O–H groups in total. The number of rotatable bonds is 2. The summed E-state index contributed by atoms with van der Waals surface area (Å²) in [7, 11) is 0. The molecule has 0 bridgehead atoms. The Morgan fingerprint density at radius 1 is 1.26 bits per heavy atom. The minimum atomic E-state index is 0.188. The Kier molecular flexibility index (Phi) is 3.56. The molecule has 3 nitrogen and oxygen atoms in total. The third-order valence-corrected chi connectivity index (χ3v) is 4.48. The second-order valence-corrected chi connectivity index (χ2v) is 5.83. The first-order chi connectivity index (χ1) is 9.28. The molecule has 1 aromatic carbocycles. The predicted molar refractivity (Wildman–Crippen MR) is 76.1 cm³/mol. The van der Waals surface area contributed by atoms with Crippen LogP contribution in [0.4, 0.5) is 0 Å². The Labute approximate surface area is 114 Å². The van der Waals surface area contributed by atoms with E-state index >= 15 is 0 Å². The molecule has 1 unspecified atom stereocenters. The Morgan fingerprint density at radius 3 is 2.95 bits per heavy atom. The van der Waals surface area contributed by atoms with E-state index in [4.69, 9.17) is 5.73 Å². The minimum absolute atomic E-state index is 0.188. The second kappa shape index (κ2) is 5.33. The zero-order valence-electron chi connectivity index (χ0n) is 11.4. The van der Waals surface area contributed by atoms with E-state index in [0.717, 1.165) is 37.9 Å². The van der Waals surface area contributed by atoms with Crippen molar-refractivity contribution in [2.75, 3.05) is 19.6 Å². The van der Waals surface area contributed by atoms with Gasteiger partial charge in [-0.05, 0) is 67.8 Å². The van der Waals surface area contributed by atoms with Crippen molar-refractivity contribution in [3.8, 4) is 0 Å². The molecule has 1 aliphatic heterocycles. The molecule has 3 heteroatoms. The van der Waals surface area contributed by atoms with Crippen LogP contribution in [0.15, 0.2) is 18.2 Å². The van der Waals surface area contributed by atoms with E-state index in [-0.39, 0.29) is 5.91 Å². The number of benzene rings is 1. The van der Waals surface area contributed by atoms with E-state index in [9.17, 15) is 4.79 Å². The number of hydrogen-bond donors (Lipinski definition) is 1. The quantitative estimate of drug-likeness (QED) is 0.881. The van der Waals surface area contributed by atoms with Gasteiger partial charge in [0.2, 0.25) is 0 Å². The van der Waals surface area contributed by atoms with Crippen molar-refractivity contribution >= 4 is 5.91 Å². The van der Waals surface area contributed by atoms with Gasteiger partial charge in [0.25, 0.3) is 5.91 Å². The minimum Gasteiger partial charge on any atom is -0.338 e. The lowest BCUT2D eigenvalue weighted by Crippen LogP contribution is -2.42. The van der Waals surface area contributed by atoms with Gasteiger partial charge in [-0.1, -0.05) is 6.07 Å². The van der Waals surface area contributed by atoms with E-state index in [1.165, 1.54) is 24.0 Å². The number of hydrogen-bond acceptors (Lipinski definition) is 2. The summed E-state index contributed by atoms with van der Waals surface area (Å²) in [6.45, 7) is 2.40. The molecular formula is C16H22N2O. The predicted octanol–water partition coefficient (Wildman–Crippen LogP) is 1.99. The maximum Gasteiger partial charge on any atom is 0.253 e. The van der Waals surface area contributed by atoms with Crippen molar-refractivity contribution in [1.82, 2.24) is 4.90 Å². The van der Waals surface area contributed by atoms with Gasteiger partial charge in [0.1, 0.15) is 0 Å². The van der Waals surface area contributed by atoms with Gasteiger partial charge in [-0.25, -0.2) is 0 Å². The molecule has 1 atom stereocenters. The molecule has 1 amide bonds. The average Bonchev–Trinajstić information content (AvgIpc) is 2.94. The molecule has 19 heavy (non-hydrogen) atoms. The van der Waals surface area contributed by atoms with Gasteiger partial charge in [0, 0.05) is 18.7 Å². The van der Waals surface area contributed by atoms with Crippen LogP contribution in [0.1, 0.15) is 40.7 Å². The van der Waals surface area contributed by atoms with Crippen LogP contribution in [0.5, 0.6) is 0 Å². The fraction of sp³-hybridized carbons (Fsp3) is 0.562. The molecule has 0 radical (unpaired) electrons. The molecule has 0 spiro atoms. The second-order valence-electron chi connectivity index (χ2n) is 5.83. The van der Waals surface area contributed by atoms with Crippen LogP contribution >= 0.6 is 0 Å². The standard InChI is InChI=1S/C16H22N2O/c17-10-12-3-2-8-18(11-12)16(19)15-7-6-13-4-1-5-14(13)9-15/h6-7,9,12H,1-5,8,10-11,17H2. The summed E-state index contributed by atoms with van der Waals surface area (Å²) >= 11 is 0. The summed E-state index contributed by atoms with van der Waals surface area (Å²) in [5.41, 5.74) is 9.40. The average molecular weight is 258 g/mol. The van der Waals surface area contributed by atoms with E-state index in [0.29, 0.717) is 12.5 Å². The Morgan fingerprint density at radius 2 is 2.11 bits per heavy atom. The fourth-order valence-electron chi connectivity index (χ4n) is 3.33. The lowest BCUT2D eigenvalue weighted by Gasteiger charge is -2.32. The number of carbonyl (C=O) groups excluding carboxylic acids is 1. The van der Waals surface area contributed by atoms with Crippen LogP contribution in [0.2, 0.25) is 0 Å². The van der Waals surface area contributed by atoms with E-state index in [1.807, 2.05) is 11.0 Å². The number of aryl methyl sites for hydroxylation is 2. The summed E-state index contributed by atoms with van der Waals surface area (Å²) in [5.74, 6) is 0.667. The maximum atomic E-state index is 12.5. The van der Waals surface area contributed by atoms with E-state index < -0.39 is 0 Å². The number of carbonyl (C=O) groups is 1. The molecule has 1 saturated heterocycles. The van der Waals surface area contributed by atoms with Crippen LogP contribution in [0.25, 0.3) is 0 Å². The first kappa shape index (κ1) is 12.7. The SMILES string of the molecule is NCC1CCCN(C(=O)c2ccc3c(c2)CCC3)C1. The normalized spacial score (nSPS) is 22.4. The first-order valence-electron chi connectivity index (χ1n) is 7.39. The van der Waals surface area contributed by atoms with Gasteiger partial charge >= 0.3 is 0 Å². The van der Waals surface area contributed by atoms with Gasteiger partial charge < -0.3 is 10.6 Å². The monoisotopic (exact) mass is 258 g/mol. The number of likely N-dealkylation sites (tertiary alicyclic amines) is 1. The third kappa shape index (κ3) is 2.52. The zero-order valence-corrected chi connectivity index (χ0v) is 11.4. The number of nitrogens with zero attached hydrogens (tertiary/aromatic N) is 1. The highest BCUT2D eigenvalue weighted by atomic mass is 16.2. The number of piperidine rings is 1. The van der Waals surface area contributed by atoms with Crippen LogP contribution in [0.3, 0.4) is 0 Å². The summed E-state index contributed by atoms with van der Waals surface area (Å²) in [6, 6.07) is 6.25. The largest absolute Gasteiger partial charge is 0.338 e. The molecule has 0 aromatic heterocycles. The van der Waals surface area contributed by atoms with Crippen molar-refractivity contribution in [3.05, 3.63) is 34.9 Å². The van der Waals surface area contributed by atoms with Gasteiger partial charge in [-0.3, -0.25) is 4.79 Å². The highest BCUT2D eigenvalue weighted by Crippen LogP contribution is 2.24. The number of fused-ring (bicyclic) bond motifs is 1. The van der Waals surface area contributed by atoms with Crippen molar-refractivity contribution in [3.63, 3.8) is 0 Å². The molecule has 1 heterocycles. The molecule has 3 rings (SSSR count). The van der Waals surface area contributed by atoms with E-state index in [1.54, 1.807) is 0 Å². The Bertz CT molecular complexity index is 484. The number of nitrogens with two attached hydrogens (primary N) is 1. The lowest BCUT2D eigenvalue weighted by atomic mass is 9.97. The van der Waals surface area contributed by atoms with Gasteiger partial charge in [0.15, 0.2) is 0 Å². The Balaban J connectivity index is 1.76. The molecule has 1 aromatic rings. The molecule has 1 aliphatic carbocycles. The van der Waals surface area contributed by atoms with Crippen molar-refractivity contribution in [1.29, 1.82) is 0 Å². The smallest absolute Gasteiger partial charge is 0.253 e. The zero-order chi connectivity index (χ0) is 13.2. The van der Waals surface area contributed by atoms with Crippen molar-refractivity contribution < 1.29 is 4.79 Å². The molecule has 0 saturated carbocycles. The van der Waals surface area contributed by atoms with Gasteiger partial charge in [-0.2, -0.15) is 0 Å². The maximum absolute atomic E-state index is 12.5. The molecule has 1 fully saturated rings. The summed E-state index contributed by atoms with van der Waals surface area (Å²) < 4.78 is 0. The molecular weight excluding hydrogens is 236 g/mol. The third-order valence-electron chi connectivity index (χ3n) is 4.48. The highest BCUT2D eigenvalue weighted by Gasteiger charge is 2.24. The summed E-state index contributed by atoms with van der Waals surface area (Å²) in [4.78, 5) is 14.5. The molecule has 102 valence electrons. The van der Waals surface area contributed by atoms with Gasteiger partial charge in [0.05, 0.1) is 0 Å². The van der Waals surface area contributed by atoms with Crippen molar-refractivity contribution in [2.24, 2.45) is 11.7 Å². The topological polar surface area (TPSA) is 46.3 Å². The first-order valence-corrected chi connectivity index (χ1v) is 7.39. The van der Waals surface area contributed by atoms with Crippen LogP contribution in [-0.2, 0) is 12.8 Å². The number of amides is 1. The summed E-state index contributed by atoms with van der Waals surface area (Å²) in [6.07, 6.45) is 5.76. The highest BCUT2D eigenvalue weighted by molar-refractivity contribution is 5.94. The fourth-order valence-corrected chi connectivity index (χ4v) is 3.33. The molecule has 2 aliphatic rings. The Hall–Kier alpha value is -1.35. The van der Waals surface area contributed by atoms with Crippen molar-refractivity contribution in [2.45, 2.75) is 32.1 Å². The lowest BCUT2D eigenvalue weighted by molar-refractivity contribution is 0.0678. The van der Waals surface area contributed by atoms with Crippen LogP contribution in [0, 0.1) is 5.92 Å². The van der Waals surface area contributed by atoms with Crippen LogP contribution < -0.4 is 5.73 Å². The van der Waals surface area contributed by atoms with Gasteiger partial charge in [-0.15, -0.1) is 0 Å². The van der Waals surface area contributed by atoms with Crippen LogP contribution in [-0.4, -0.2) is 30.4 Å².